The fourth-order valence-corrected chi connectivity index (χ4v) is 3.51. The van der Waals surface area contributed by atoms with Crippen LogP contribution in [-0.4, -0.2) is 47.2 Å². The van der Waals surface area contributed by atoms with Crippen molar-refractivity contribution in [1.82, 2.24) is 30.8 Å². The lowest BCUT2D eigenvalue weighted by molar-refractivity contribution is 0.167. The average Bonchev–Trinajstić information content (AvgIpc) is 3.30. The van der Waals surface area contributed by atoms with Crippen molar-refractivity contribution >= 4 is 0 Å². The number of aryl methyl sites for hydroxylation is 1. The maximum Gasteiger partial charge on any atom is 0.266 e. The number of hydrogen-bond acceptors (Lipinski definition) is 9. The van der Waals surface area contributed by atoms with Gasteiger partial charge < -0.3 is 29.2 Å². The minimum absolute atomic E-state index is 0.158. The van der Waals surface area contributed by atoms with Crippen LogP contribution in [0.1, 0.15) is 30.4 Å². The third kappa shape index (κ3) is 3.14. The van der Waals surface area contributed by atoms with Gasteiger partial charge in [-0.1, -0.05) is 5.16 Å². The lowest BCUT2D eigenvalue weighted by Crippen LogP contribution is -2.41. The quantitative estimate of drug-likeness (QED) is 0.811. The summed E-state index contributed by atoms with van der Waals surface area (Å²) in [5, 5.41) is 3.89. The number of benzene rings is 1. The van der Waals surface area contributed by atoms with Crippen molar-refractivity contribution < 1.29 is 14.0 Å². The van der Waals surface area contributed by atoms with Gasteiger partial charge in [-0.05, 0) is 26.0 Å². The Balaban J connectivity index is 1.55. The third-order valence-electron chi connectivity index (χ3n) is 4.99. The summed E-state index contributed by atoms with van der Waals surface area (Å²) in [5.74, 6) is 3.83. The van der Waals surface area contributed by atoms with Crippen molar-refractivity contribution in [2.24, 2.45) is 0 Å². The van der Waals surface area contributed by atoms with Gasteiger partial charge in [0.2, 0.25) is 0 Å². The highest BCUT2D eigenvalue weighted by atomic mass is 16.5. The third-order valence-corrected chi connectivity index (χ3v) is 4.99. The van der Waals surface area contributed by atoms with E-state index in [1.807, 2.05) is 25.1 Å². The van der Waals surface area contributed by atoms with E-state index in [0.717, 1.165) is 48.2 Å². The van der Waals surface area contributed by atoms with E-state index in [1.54, 1.807) is 14.2 Å². The van der Waals surface area contributed by atoms with E-state index in [2.05, 4.69) is 37.7 Å². The van der Waals surface area contributed by atoms with Crippen molar-refractivity contribution in [1.29, 1.82) is 0 Å². The normalized spacial score (nSPS) is 19.2. The van der Waals surface area contributed by atoms with E-state index >= 15 is 0 Å². The summed E-state index contributed by atoms with van der Waals surface area (Å²) in [5.41, 5.74) is 8.75. The van der Waals surface area contributed by atoms with E-state index in [4.69, 9.17) is 14.0 Å². The first-order chi connectivity index (χ1) is 13.1. The average molecular weight is 372 g/mol. The SMILES string of the molecule is COc1ccc(CN2CCN3C(=C2C)NNC3c2nc(C)no2)c(OC)c1. The van der Waals surface area contributed by atoms with Crippen LogP contribution in [0.25, 0.3) is 0 Å². The van der Waals surface area contributed by atoms with E-state index in [-0.39, 0.29) is 6.17 Å². The Bertz CT molecular complexity index is 865. The molecule has 9 nitrogen and oxygen atoms in total. The van der Waals surface area contributed by atoms with Gasteiger partial charge in [-0.2, -0.15) is 4.98 Å². The molecule has 0 aliphatic carbocycles. The molecule has 0 amide bonds. The molecular weight excluding hydrogens is 348 g/mol. The van der Waals surface area contributed by atoms with Gasteiger partial charge in [0.1, 0.15) is 17.3 Å². The molecule has 2 aliphatic rings. The molecule has 144 valence electrons. The lowest BCUT2D eigenvalue weighted by atomic mass is 10.1. The minimum atomic E-state index is -0.158. The zero-order valence-corrected chi connectivity index (χ0v) is 15.9. The van der Waals surface area contributed by atoms with Gasteiger partial charge in [0, 0.05) is 31.3 Å². The summed E-state index contributed by atoms with van der Waals surface area (Å²) < 4.78 is 16.2. The molecule has 2 N–H and O–H groups in total. The van der Waals surface area contributed by atoms with Crippen molar-refractivity contribution in [3.63, 3.8) is 0 Å². The number of fused-ring (bicyclic) bond motifs is 1. The number of methoxy groups -OCH3 is 2. The maximum atomic E-state index is 5.54. The van der Waals surface area contributed by atoms with E-state index < -0.39 is 0 Å². The molecule has 4 rings (SSSR count). The molecule has 27 heavy (non-hydrogen) atoms. The van der Waals surface area contributed by atoms with Crippen LogP contribution < -0.4 is 20.3 Å². The summed E-state index contributed by atoms with van der Waals surface area (Å²) in [7, 11) is 3.34. The molecule has 2 aliphatic heterocycles. The second-order valence-electron chi connectivity index (χ2n) is 6.58. The molecule has 1 saturated heterocycles. The Kier molecular flexibility index (Phi) is 4.53. The summed E-state index contributed by atoms with van der Waals surface area (Å²) in [6.45, 7) is 6.38. The topological polar surface area (TPSA) is 87.9 Å². The van der Waals surface area contributed by atoms with E-state index in [9.17, 15) is 0 Å². The van der Waals surface area contributed by atoms with Gasteiger partial charge in [0.15, 0.2) is 12.0 Å². The van der Waals surface area contributed by atoms with Crippen LogP contribution in [0.15, 0.2) is 34.2 Å². The molecule has 1 atom stereocenters. The van der Waals surface area contributed by atoms with Gasteiger partial charge >= 0.3 is 0 Å². The number of allylic oxidation sites excluding steroid dienone is 1. The van der Waals surface area contributed by atoms with Crippen LogP contribution in [0, 0.1) is 6.92 Å². The van der Waals surface area contributed by atoms with Crippen LogP contribution in [-0.2, 0) is 6.54 Å². The minimum Gasteiger partial charge on any atom is -0.497 e. The lowest BCUT2D eigenvalue weighted by Gasteiger charge is -2.37. The van der Waals surface area contributed by atoms with Gasteiger partial charge in [-0.15, -0.1) is 0 Å². The highest BCUT2D eigenvalue weighted by Crippen LogP contribution is 2.32. The maximum absolute atomic E-state index is 5.54. The Hall–Kier alpha value is -2.94. The first kappa shape index (κ1) is 17.5. The largest absolute Gasteiger partial charge is 0.497 e. The molecule has 2 aromatic rings. The highest BCUT2D eigenvalue weighted by molar-refractivity contribution is 5.41. The smallest absolute Gasteiger partial charge is 0.266 e. The van der Waals surface area contributed by atoms with E-state index in [1.165, 1.54) is 0 Å². The second kappa shape index (κ2) is 6.99. The van der Waals surface area contributed by atoms with Gasteiger partial charge in [0.25, 0.3) is 5.89 Å². The fraction of sp³-hybridized carbons (Fsp3) is 0.444. The molecule has 0 bridgehead atoms. The molecule has 1 unspecified atom stereocenters. The Morgan fingerprint density at radius 3 is 2.78 bits per heavy atom. The van der Waals surface area contributed by atoms with Crippen LogP contribution >= 0.6 is 0 Å². The standard InChI is InChI=1S/C18H24N6O3/c1-11-16-20-21-17(18-19-12(2)22-27-18)24(16)8-7-23(11)10-13-5-6-14(25-3)9-15(13)26-4/h5-6,9,17,20-21H,7-8,10H2,1-4H3. The van der Waals surface area contributed by atoms with Crippen LogP contribution in [0.5, 0.6) is 11.5 Å². The molecule has 0 radical (unpaired) electrons. The molecule has 0 saturated carbocycles. The van der Waals surface area contributed by atoms with Gasteiger partial charge in [-0.3, -0.25) is 0 Å². The highest BCUT2D eigenvalue weighted by Gasteiger charge is 2.37. The van der Waals surface area contributed by atoms with E-state index in [0.29, 0.717) is 11.7 Å². The monoisotopic (exact) mass is 372 g/mol. The van der Waals surface area contributed by atoms with Crippen LogP contribution in [0.4, 0.5) is 0 Å². The second-order valence-corrected chi connectivity index (χ2v) is 6.58. The first-order valence-corrected chi connectivity index (χ1v) is 8.86. The number of nitrogens with zero attached hydrogens (tertiary/aromatic N) is 4. The first-order valence-electron chi connectivity index (χ1n) is 8.86. The van der Waals surface area contributed by atoms with Crippen molar-refractivity contribution in [3.8, 4) is 11.5 Å². The predicted molar refractivity (Wildman–Crippen MR) is 97.4 cm³/mol. The van der Waals surface area contributed by atoms with Crippen LogP contribution in [0.3, 0.4) is 0 Å². The molecule has 1 fully saturated rings. The Morgan fingerprint density at radius 1 is 1.22 bits per heavy atom. The van der Waals surface area contributed by atoms with Crippen molar-refractivity contribution in [2.45, 2.75) is 26.6 Å². The van der Waals surface area contributed by atoms with Crippen molar-refractivity contribution in [3.05, 3.63) is 47.0 Å². The zero-order valence-electron chi connectivity index (χ0n) is 15.9. The number of rotatable bonds is 5. The number of aromatic nitrogens is 2. The summed E-state index contributed by atoms with van der Waals surface area (Å²) in [6, 6.07) is 5.92. The van der Waals surface area contributed by atoms with Crippen molar-refractivity contribution in [2.75, 3.05) is 27.3 Å². The van der Waals surface area contributed by atoms with Gasteiger partial charge in [-0.25, -0.2) is 5.43 Å². The number of hydrazine groups is 1. The summed E-state index contributed by atoms with van der Waals surface area (Å²) >= 11 is 0. The van der Waals surface area contributed by atoms with Crippen LogP contribution in [0.2, 0.25) is 0 Å². The van der Waals surface area contributed by atoms with Gasteiger partial charge in [0.05, 0.1) is 19.9 Å². The molecule has 0 spiro atoms. The Morgan fingerprint density at radius 2 is 2.07 bits per heavy atom. The number of nitrogens with one attached hydrogen (secondary N) is 2. The summed E-state index contributed by atoms with van der Waals surface area (Å²) in [4.78, 5) is 8.89. The fourth-order valence-electron chi connectivity index (χ4n) is 3.51. The molecule has 3 heterocycles. The molecule has 1 aromatic carbocycles. The Labute approximate surface area is 157 Å². The molecule has 9 heteroatoms. The molecular formula is C18H24N6O3. The molecule has 1 aromatic heterocycles. The predicted octanol–water partition coefficient (Wildman–Crippen LogP) is 1.51. The summed E-state index contributed by atoms with van der Waals surface area (Å²) in [6.07, 6.45) is -0.158. The number of hydrogen-bond donors (Lipinski definition) is 2. The zero-order chi connectivity index (χ0) is 19.0. The number of ether oxygens (including phenoxy) is 2.